The average Bonchev–Trinajstić information content (AvgIpc) is 2.43. The SMILES string of the molecule is Cn1c([O-])c(-[n+]2cccc(C(N)=O)c2)c(=O)n(C)c1=O. The van der Waals surface area contributed by atoms with Gasteiger partial charge in [0.25, 0.3) is 11.6 Å². The number of hydrogen-bond acceptors (Lipinski definition) is 4. The third kappa shape index (κ3) is 1.96. The predicted molar refractivity (Wildman–Crippen MR) is 66.4 cm³/mol. The first-order valence-electron chi connectivity index (χ1n) is 5.63. The molecule has 0 spiro atoms. The molecular formula is C12H12N4O4. The minimum Gasteiger partial charge on any atom is -0.855 e. The van der Waals surface area contributed by atoms with Crippen LogP contribution in [-0.2, 0) is 14.1 Å². The van der Waals surface area contributed by atoms with Crippen molar-refractivity contribution in [2.75, 3.05) is 0 Å². The molecular weight excluding hydrogens is 264 g/mol. The van der Waals surface area contributed by atoms with Gasteiger partial charge in [-0.05, 0) is 6.07 Å². The van der Waals surface area contributed by atoms with Gasteiger partial charge in [-0.1, -0.05) is 0 Å². The Bertz CT molecular complexity index is 819. The highest BCUT2D eigenvalue weighted by molar-refractivity contribution is 5.92. The van der Waals surface area contributed by atoms with Crippen molar-refractivity contribution in [3.63, 3.8) is 0 Å². The van der Waals surface area contributed by atoms with E-state index in [0.717, 1.165) is 9.13 Å². The lowest BCUT2D eigenvalue weighted by Crippen LogP contribution is -2.47. The van der Waals surface area contributed by atoms with Gasteiger partial charge in [-0.15, -0.1) is 0 Å². The fraction of sp³-hybridized carbons (Fsp3) is 0.167. The Labute approximate surface area is 112 Å². The molecule has 0 unspecified atom stereocenters. The molecule has 0 radical (unpaired) electrons. The molecule has 104 valence electrons. The lowest BCUT2D eigenvalue weighted by Gasteiger charge is -2.14. The summed E-state index contributed by atoms with van der Waals surface area (Å²) < 4.78 is 2.82. The molecule has 0 saturated carbocycles. The number of pyridine rings is 1. The normalized spacial score (nSPS) is 10.5. The Morgan fingerprint density at radius 2 is 1.95 bits per heavy atom. The number of aromatic nitrogens is 3. The maximum atomic E-state index is 12.1. The largest absolute Gasteiger partial charge is 0.855 e. The molecule has 0 aliphatic carbocycles. The van der Waals surface area contributed by atoms with Gasteiger partial charge in [-0.2, -0.15) is 4.57 Å². The van der Waals surface area contributed by atoms with Crippen LogP contribution in [0.4, 0.5) is 0 Å². The lowest BCUT2D eigenvalue weighted by molar-refractivity contribution is -0.602. The number of nitrogens with zero attached hydrogens (tertiary/aromatic N) is 3. The number of rotatable bonds is 2. The van der Waals surface area contributed by atoms with E-state index in [-0.39, 0.29) is 11.3 Å². The van der Waals surface area contributed by atoms with Crippen LogP contribution in [0.25, 0.3) is 5.69 Å². The maximum Gasteiger partial charge on any atom is 0.330 e. The highest BCUT2D eigenvalue weighted by Gasteiger charge is 2.19. The van der Waals surface area contributed by atoms with Crippen LogP contribution in [0.5, 0.6) is 5.88 Å². The molecule has 0 aliphatic heterocycles. The zero-order valence-electron chi connectivity index (χ0n) is 10.9. The van der Waals surface area contributed by atoms with Gasteiger partial charge in [0.1, 0.15) is 5.56 Å². The van der Waals surface area contributed by atoms with Crippen LogP contribution in [0.1, 0.15) is 10.4 Å². The second kappa shape index (κ2) is 4.65. The second-order valence-corrected chi connectivity index (χ2v) is 4.22. The number of amides is 1. The molecule has 2 rings (SSSR count). The molecule has 1 amide bonds. The molecule has 0 aromatic carbocycles. The van der Waals surface area contributed by atoms with E-state index in [1.54, 1.807) is 0 Å². The Balaban J connectivity index is 2.84. The topological polar surface area (TPSA) is 114 Å². The van der Waals surface area contributed by atoms with E-state index in [4.69, 9.17) is 5.73 Å². The van der Waals surface area contributed by atoms with Gasteiger partial charge in [-0.25, -0.2) is 4.79 Å². The molecule has 20 heavy (non-hydrogen) atoms. The zero-order valence-corrected chi connectivity index (χ0v) is 10.9. The molecule has 0 aliphatic rings. The van der Waals surface area contributed by atoms with Crippen molar-refractivity contribution in [1.82, 2.24) is 9.13 Å². The van der Waals surface area contributed by atoms with Crippen LogP contribution >= 0.6 is 0 Å². The molecule has 2 aromatic heterocycles. The van der Waals surface area contributed by atoms with E-state index >= 15 is 0 Å². The molecule has 0 saturated heterocycles. The van der Waals surface area contributed by atoms with Crippen LogP contribution in [0.15, 0.2) is 34.1 Å². The summed E-state index contributed by atoms with van der Waals surface area (Å²) in [6.45, 7) is 0. The van der Waals surface area contributed by atoms with Crippen LogP contribution in [-0.4, -0.2) is 15.0 Å². The highest BCUT2D eigenvalue weighted by atomic mass is 16.3. The highest BCUT2D eigenvalue weighted by Crippen LogP contribution is 2.04. The molecule has 8 nitrogen and oxygen atoms in total. The average molecular weight is 276 g/mol. The third-order valence-electron chi connectivity index (χ3n) is 2.93. The van der Waals surface area contributed by atoms with Crippen molar-refractivity contribution in [3.05, 3.63) is 50.9 Å². The Morgan fingerprint density at radius 1 is 1.30 bits per heavy atom. The fourth-order valence-corrected chi connectivity index (χ4v) is 1.79. The van der Waals surface area contributed by atoms with Crippen molar-refractivity contribution in [2.45, 2.75) is 0 Å². The van der Waals surface area contributed by atoms with Gasteiger partial charge in [0.2, 0.25) is 0 Å². The van der Waals surface area contributed by atoms with Gasteiger partial charge in [0.15, 0.2) is 12.4 Å². The van der Waals surface area contributed by atoms with E-state index in [0.29, 0.717) is 0 Å². The third-order valence-corrected chi connectivity index (χ3v) is 2.93. The molecule has 2 N–H and O–H groups in total. The van der Waals surface area contributed by atoms with E-state index in [9.17, 15) is 19.5 Å². The predicted octanol–water partition coefficient (Wildman–Crippen LogP) is -2.47. The van der Waals surface area contributed by atoms with Crippen molar-refractivity contribution in [2.24, 2.45) is 19.8 Å². The first-order valence-corrected chi connectivity index (χ1v) is 5.63. The summed E-state index contributed by atoms with van der Waals surface area (Å²) in [4.78, 5) is 34.8. The standard InChI is InChI=1S/C12H12N4O4/c1-14-10(18)8(11(19)15(2)12(14)20)16-5-3-4-7(6-16)9(13)17/h3-6H,1-2H3,(H2-,13,17,18,19). The summed E-state index contributed by atoms with van der Waals surface area (Å²) in [5, 5.41) is 12.1. The second-order valence-electron chi connectivity index (χ2n) is 4.22. The van der Waals surface area contributed by atoms with Gasteiger partial charge < -0.3 is 15.4 Å². The molecule has 0 fully saturated rings. The van der Waals surface area contributed by atoms with E-state index in [1.165, 1.54) is 43.2 Å². The maximum absolute atomic E-state index is 12.1. The summed E-state index contributed by atoms with van der Waals surface area (Å²) in [5.41, 5.74) is 3.58. The summed E-state index contributed by atoms with van der Waals surface area (Å²) in [7, 11) is 2.54. The minimum absolute atomic E-state index is 0.141. The van der Waals surface area contributed by atoms with E-state index in [2.05, 4.69) is 0 Å². The first kappa shape index (κ1) is 13.5. The molecule has 2 aromatic rings. The number of nitrogens with two attached hydrogens (primary N) is 1. The zero-order chi connectivity index (χ0) is 15.0. The van der Waals surface area contributed by atoms with Crippen LogP contribution in [0, 0.1) is 0 Å². The first-order chi connectivity index (χ1) is 9.34. The van der Waals surface area contributed by atoms with Crippen LogP contribution in [0.3, 0.4) is 0 Å². The minimum atomic E-state index is -0.746. The summed E-state index contributed by atoms with van der Waals surface area (Å²) >= 11 is 0. The van der Waals surface area contributed by atoms with E-state index < -0.39 is 23.0 Å². The monoisotopic (exact) mass is 276 g/mol. The fourth-order valence-electron chi connectivity index (χ4n) is 1.79. The number of primary amides is 1. The Kier molecular flexibility index (Phi) is 3.15. The number of carbonyl (C=O) groups excluding carboxylic acids is 1. The molecule has 0 bridgehead atoms. The van der Waals surface area contributed by atoms with Crippen molar-refractivity contribution >= 4 is 5.91 Å². The number of carbonyl (C=O) groups is 1. The summed E-state index contributed by atoms with van der Waals surface area (Å²) in [6, 6.07) is 2.93. The molecule has 2 heterocycles. The number of hydrogen-bond donors (Lipinski definition) is 1. The van der Waals surface area contributed by atoms with Crippen molar-refractivity contribution < 1.29 is 14.5 Å². The molecule has 8 heteroatoms. The quantitative estimate of drug-likeness (QED) is 0.612. The van der Waals surface area contributed by atoms with Gasteiger partial charge in [0, 0.05) is 26.0 Å². The smallest absolute Gasteiger partial charge is 0.330 e. The summed E-state index contributed by atoms with van der Waals surface area (Å²) in [6.07, 6.45) is 2.69. The Hall–Kier alpha value is -2.90. The van der Waals surface area contributed by atoms with Crippen molar-refractivity contribution in [1.29, 1.82) is 0 Å². The van der Waals surface area contributed by atoms with E-state index in [1.807, 2.05) is 0 Å². The van der Waals surface area contributed by atoms with Gasteiger partial charge >= 0.3 is 11.2 Å². The van der Waals surface area contributed by atoms with Crippen LogP contribution < -0.4 is 26.7 Å². The van der Waals surface area contributed by atoms with Gasteiger partial charge in [0.05, 0.1) is 0 Å². The summed E-state index contributed by atoms with van der Waals surface area (Å²) in [5.74, 6) is -1.43. The van der Waals surface area contributed by atoms with Gasteiger partial charge in [-0.3, -0.25) is 14.2 Å². The Morgan fingerprint density at radius 3 is 2.55 bits per heavy atom. The molecule has 0 atom stereocenters. The van der Waals surface area contributed by atoms with Crippen LogP contribution in [0.2, 0.25) is 0 Å². The van der Waals surface area contributed by atoms with Crippen molar-refractivity contribution in [3.8, 4) is 11.6 Å². The lowest BCUT2D eigenvalue weighted by atomic mass is 10.2.